The topological polar surface area (TPSA) is 55.1 Å². The highest BCUT2D eigenvalue weighted by molar-refractivity contribution is 5.96. The van der Waals surface area contributed by atoms with Gasteiger partial charge in [-0.1, -0.05) is 19.3 Å². The van der Waals surface area contributed by atoms with Crippen molar-refractivity contribution in [3.05, 3.63) is 29.3 Å². The molecule has 1 aromatic carbocycles. The second-order valence-corrected chi connectivity index (χ2v) is 5.65. The molecule has 18 heavy (non-hydrogen) atoms. The van der Waals surface area contributed by atoms with Gasteiger partial charge >= 0.3 is 0 Å². The molecular weight excluding hydrogens is 224 g/mol. The van der Waals surface area contributed by atoms with Crippen LogP contribution in [0.3, 0.4) is 0 Å². The molecule has 1 amide bonds. The Morgan fingerprint density at radius 1 is 1.28 bits per heavy atom. The van der Waals surface area contributed by atoms with E-state index in [9.17, 15) is 4.79 Å². The number of hydrogen-bond acceptors (Lipinski definition) is 2. The number of nitrogens with one attached hydrogen (secondary N) is 1. The second-order valence-electron chi connectivity index (χ2n) is 5.65. The van der Waals surface area contributed by atoms with E-state index in [0.29, 0.717) is 5.69 Å². The van der Waals surface area contributed by atoms with Crippen LogP contribution in [0.4, 0.5) is 5.69 Å². The zero-order chi connectivity index (χ0) is 13.2. The Morgan fingerprint density at radius 2 is 1.94 bits per heavy atom. The maximum Gasteiger partial charge on any atom is 0.251 e. The molecule has 3 nitrogen and oxygen atoms in total. The summed E-state index contributed by atoms with van der Waals surface area (Å²) in [6, 6.07) is 5.44. The smallest absolute Gasteiger partial charge is 0.251 e. The summed E-state index contributed by atoms with van der Waals surface area (Å²) in [5.74, 6) is 0.0249. The van der Waals surface area contributed by atoms with E-state index in [1.165, 1.54) is 19.3 Å². The van der Waals surface area contributed by atoms with E-state index in [1.54, 1.807) is 6.07 Å². The molecule has 0 heterocycles. The molecule has 0 saturated heterocycles. The molecule has 0 spiro atoms. The number of hydrogen-bond donors (Lipinski definition) is 2. The molecular formula is C15H22N2O. The number of carbonyl (C=O) groups excluding carboxylic acids is 1. The van der Waals surface area contributed by atoms with Crippen molar-refractivity contribution < 1.29 is 4.79 Å². The molecule has 2 rings (SSSR count). The quantitative estimate of drug-likeness (QED) is 0.788. The van der Waals surface area contributed by atoms with Gasteiger partial charge in [-0.3, -0.25) is 4.79 Å². The third kappa shape index (κ3) is 2.84. The minimum atomic E-state index is -0.0385. The molecule has 0 unspecified atom stereocenters. The summed E-state index contributed by atoms with van der Waals surface area (Å²) in [4.78, 5) is 12.3. The van der Waals surface area contributed by atoms with Crippen LogP contribution >= 0.6 is 0 Å². The number of rotatable bonds is 2. The Labute approximate surface area is 109 Å². The van der Waals surface area contributed by atoms with E-state index in [0.717, 1.165) is 24.0 Å². The largest absolute Gasteiger partial charge is 0.399 e. The van der Waals surface area contributed by atoms with E-state index in [1.807, 2.05) is 19.1 Å². The lowest BCUT2D eigenvalue weighted by Crippen LogP contribution is -2.47. The van der Waals surface area contributed by atoms with Gasteiger partial charge in [0.05, 0.1) is 0 Å². The standard InChI is InChI=1S/C15H22N2O/c1-11-10-12(16)6-7-13(11)14(18)17-15(2)8-4-3-5-9-15/h6-7,10H,3-5,8-9,16H2,1-2H3,(H,17,18). The average molecular weight is 246 g/mol. The number of nitrogen functional groups attached to an aromatic ring is 1. The van der Waals surface area contributed by atoms with Crippen LogP contribution in [-0.2, 0) is 0 Å². The number of carbonyl (C=O) groups is 1. The van der Waals surface area contributed by atoms with E-state index in [2.05, 4.69) is 12.2 Å². The fraction of sp³-hybridized carbons (Fsp3) is 0.533. The molecule has 0 aromatic heterocycles. The Morgan fingerprint density at radius 3 is 2.56 bits per heavy atom. The molecule has 3 N–H and O–H groups in total. The van der Waals surface area contributed by atoms with Crippen LogP contribution in [0.1, 0.15) is 54.9 Å². The van der Waals surface area contributed by atoms with Gasteiger partial charge in [0.1, 0.15) is 0 Å². The first-order chi connectivity index (χ1) is 8.50. The van der Waals surface area contributed by atoms with Crippen molar-refractivity contribution in [2.24, 2.45) is 0 Å². The number of aryl methyl sites for hydroxylation is 1. The lowest BCUT2D eigenvalue weighted by molar-refractivity contribution is 0.0882. The first-order valence-electron chi connectivity index (χ1n) is 6.69. The van der Waals surface area contributed by atoms with Crippen molar-refractivity contribution in [3.8, 4) is 0 Å². The fourth-order valence-electron chi connectivity index (χ4n) is 2.74. The maximum atomic E-state index is 12.3. The van der Waals surface area contributed by atoms with Crippen LogP contribution in [0.25, 0.3) is 0 Å². The zero-order valence-corrected chi connectivity index (χ0v) is 11.3. The Hall–Kier alpha value is -1.51. The highest BCUT2D eigenvalue weighted by Crippen LogP contribution is 2.28. The summed E-state index contributed by atoms with van der Waals surface area (Å²) < 4.78 is 0. The number of nitrogens with two attached hydrogens (primary N) is 1. The molecule has 1 saturated carbocycles. The van der Waals surface area contributed by atoms with Crippen LogP contribution in [0.15, 0.2) is 18.2 Å². The molecule has 0 aliphatic heterocycles. The van der Waals surface area contributed by atoms with E-state index < -0.39 is 0 Å². The van der Waals surface area contributed by atoms with Gasteiger partial charge in [0.2, 0.25) is 0 Å². The summed E-state index contributed by atoms with van der Waals surface area (Å²) in [7, 11) is 0. The predicted molar refractivity (Wildman–Crippen MR) is 74.5 cm³/mol. The highest BCUT2D eigenvalue weighted by atomic mass is 16.1. The van der Waals surface area contributed by atoms with Gasteiger partial charge in [-0.2, -0.15) is 0 Å². The average Bonchev–Trinajstić information content (AvgIpc) is 2.28. The van der Waals surface area contributed by atoms with Crippen LogP contribution in [0.2, 0.25) is 0 Å². The molecule has 0 atom stereocenters. The fourth-order valence-corrected chi connectivity index (χ4v) is 2.74. The van der Waals surface area contributed by atoms with Crippen molar-refractivity contribution >= 4 is 11.6 Å². The first-order valence-corrected chi connectivity index (χ1v) is 6.69. The SMILES string of the molecule is Cc1cc(N)ccc1C(=O)NC1(C)CCCCC1. The maximum absolute atomic E-state index is 12.3. The summed E-state index contributed by atoms with van der Waals surface area (Å²) in [6.07, 6.45) is 5.85. The van der Waals surface area contributed by atoms with E-state index in [4.69, 9.17) is 5.73 Å². The third-order valence-corrected chi connectivity index (χ3v) is 3.87. The van der Waals surface area contributed by atoms with Gasteiger partial charge in [-0.05, 0) is 50.5 Å². The van der Waals surface area contributed by atoms with Gasteiger partial charge in [-0.15, -0.1) is 0 Å². The van der Waals surface area contributed by atoms with Gasteiger partial charge in [0.25, 0.3) is 5.91 Å². The summed E-state index contributed by atoms with van der Waals surface area (Å²) in [5, 5.41) is 3.19. The third-order valence-electron chi connectivity index (χ3n) is 3.87. The molecule has 3 heteroatoms. The van der Waals surface area contributed by atoms with Gasteiger partial charge < -0.3 is 11.1 Å². The van der Waals surface area contributed by atoms with Crippen molar-refractivity contribution in [2.75, 3.05) is 5.73 Å². The zero-order valence-electron chi connectivity index (χ0n) is 11.3. The van der Waals surface area contributed by atoms with Crippen molar-refractivity contribution in [1.82, 2.24) is 5.32 Å². The molecule has 98 valence electrons. The van der Waals surface area contributed by atoms with Crippen LogP contribution in [-0.4, -0.2) is 11.4 Å². The summed E-state index contributed by atoms with van der Waals surface area (Å²) in [5.41, 5.74) is 8.04. The van der Waals surface area contributed by atoms with Gasteiger partial charge in [-0.25, -0.2) is 0 Å². The normalized spacial score (nSPS) is 18.3. The number of anilines is 1. The minimum Gasteiger partial charge on any atom is -0.399 e. The number of benzene rings is 1. The van der Waals surface area contributed by atoms with Crippen LogP contribution in [0, 0.1) is 6.92 Å². The minimum absolute atomic E-state index is 0.0249. The highest BCUT2D eigenvalue weighted by Gasteiger charge is 2.28. The van der Waals surface area contributed by atoms with Gasteiger partial charge in [0, 0.05) is 16.8 Å². The number of amides is 1. The van der Waals surface area contributed by atoms with Crippen molar-refractivity contribution in [1.29, 1.82) is 0 Å². The summed E-state index contributed by atoms with van der Waals surface area (Å²) in [6.45, 7) is 4.07. The Kier molecular flexibility index (Phi) is 3.60. The predicted octanol–water partition coefficient (Wildman–Crippen LogP) is 3.03. The molecule has 1 fully saturated rings. The molecule has 0 radical (unpaired) electrons. The summed E-state index contributed by atoms with van der Waals surface area (Å²) >= 11 is 0. The Balaban J connectivity index is 2.11. The molecule has 1 aliphatic carbocycles. The Bertz CT molecular complexity index is 448. The van der Waals surface area contributed by atoms with Crippen LogP contribution in [0.5, 0.6) is 0 Å². The molecule has 1 aromatic rings. The van der Waals surface area contributed by atoms with E-state index >= 15 is 0 Å². The van der Waals surface area contributed by atoms with Crippen LogP contribution < -0.4 is 11.1 Å². The second kappa shape index (κ2) is 5.01. The monoisotopic (exact) mass is 246 g/mol. The molecule has 1 aliphatic rings. The van der Waals surface area contributed by atoms with Gasteiger partial charge in [0.15, 0.2) is 0 Å². The molecule has 0 bridgehead atoms. The lowest BCUT2D eigenvalue weighted by Gasteiger charge is -2.34. The first kappa shape index (κ1) is 12.9. The lowest BCUT2D eigenvalue weighted by atomic mass is 9.83. The van der Waals surface area contributed by atoms with Crippen molar-refractivity contribution in [2.45, 2.75) is 51.5 Å². The van der Waals surface area contributed by atoms with E-state index in [-0.39, 0.29) is 11.4 Å². The van der Waals surface area contributed by atoms with Crippen molar-refractivity contribution in [3.63, 3.8) is 0 Å².